The molecule has 1 unspecified atom stereocenters. The van der Waals surface area contributed by atoms with Crippen molar-refractivity contribution >= 4 is 22.6 Å². The van der Waals surface area contributed by atoms with Gasteiger partial charge in [-0.15, -0.1) is 0 Å². The van der Waals surface area contributed by atoms with Crippen LogP contribution in [0.4, 0.5) is 0 Å². The van der Waals surface area contributed by atoms with Crippen molar-refractivity contribution in [3.63, 3.8) is 0 Å². The van der Waals surface area contributed by atoms with Gasteiger partial charge in [-0.2, -0.15) is 5.26 Å². The van der Waals surface area contributed by atoms with E-state index in [2.05, 4.69) is 53.0 Å². The third-order valence-electron chi connectivity index (χ3n) is 3.56. The first kappa shape index (κ1) is 18.6. The molecular formula is C19H21IN2O2. The molecule has 24 heavy (non-hydrogen) atoms. The van der Waals surface area contributed by atoms with Gasteiger partial charge in [0, 0.05) is 12.6 Å². The summed E-state index contributed by atoms with van der Waals surface area (Å²) >= 11 is 2.22. The van der Waals surface area contributed by atoms with Gasteiger partial charge in [-0.25, -0.2) is 0 Å². The number of hydrogen-bond acceptors (Lipinski definition) is 4. The molecule has 0 aliphatic rings. The molecule has 0 fully saturated rings. The average Bonchev–Trinajstić information content (AvgIpc) is 2.60. The van der Waals surface area contributed by atoms with Gasteiger partial charge in [-0.1, -0.05) is 30.3 Å². The molecule has 2 rings (SSSR count). The Balaban J connectivity index is 2.11. The molecule has 1 atom stereocenters. The fraction of sp³-hybridized carbons (Fsp3) is 0.316. The summed E-state index contributed by atoms with van der Waals surface area (Å²) in [4.78, 5) is 0. The molecule has 0 amide bonds. The maximum atomic E-state index is 8.72. The van der Waals surface area contributed by atoms with Crippen LogP contribution in [0.2, 0.25) is 0 Å². The highest BCUT2D eigenvalue weighted by Gasteiger charge is 2.13. The molecule has 4 nitrogen and oxygen atoms in total. The molecule has 2 aromatic rings. The number of benzene rings is 2. The van der Waals surface area contributed by atoms with Gasteiger partial charge in [0.05, 0.1) is 10.2 Å². The summed E-state index contributed by atoms with van der Waals surface area (Å²) in [7, 11) is 0. The van der Waals surface area contributed by atoms with E-state index in [0.717, 1.165) is 15.7 Å². The predicted molar refractivity (Wildman–Crippen MR) is 103 cm³/mol. The zero-order valence-corrected chi connectivity index (χ0v) is 16.0. The molecular weight excluding hydrogens is 415 g/mol. The number of nitrogens with one attached hydrogen (secondary N) is 1. The van der Waals surface area contributed by atoms with Gasteiger partial charge in [0.15, 0.2) is 18.1 Å². The molecule has 0 aromatic heterocycles. The summed E-state index contributed by atoms with van der Waals surface area (Å²) in [6.07, 6.45) is 0. The average molecular weight is 436 g/mol. The lowest BCUT2D eigenvalue weighted by Gasteiger charge is -2.17. The van der Waals surface area contributed by atoms with Crippen LogP contribution in [0.1, 0.15) is 31.0 Å². The van der Waals surface area contributed by atoms with Gasteiger partial charge in [-0.3, -0.25) is 0 Å². The standard InChI is InChI=1S/C19H21IN2O2/c1-3-23-18-12-15(11-17(20)19(18)24-10-9-21)13-22-14(2)16-7-5-4-6-8-16/h4-8,11-12,14,22H,3,10,13H2,1-2H3. The molecule has 1 N–H and O–H groups in total. The fourth-order valence-corrected chi connectivity index (χ4v) is 3.18. The van der Waals surface area contributed by atoms with Crippen molar-refractivity contribution in [3.05, 3.63) is 57.2 Å². The van der Waals surface area contributed by atoms with Crippen LogP contribution in [0.5, 0.6) is 11.5 Å². The van der Waals surface area contributed by atoms with Crippen LogP contribution in [0.15, 0.2) is 42.5 Å². The Morgan fingerprint density at radius 3 is 2.62 bits per heavy atom. The lowest BCUT2D eigenvalue weighted by Crippen LogP contribution is -2.18. The highest BCUT2D eigenvalue weighted by atomic mass is 127. The quantitative estimate of drug-likeness (QED) is 0.622. The lowest BCUT2D eigenvalue weighted by molar-refractivity contribution is 0.296. The van der Waals surface area contributed by atoms with Crippen LogP contribution in [0.3, 0.4) is 0 Å². The minimum atomic E-state index is 0.0126. The van der Waals surface area contributed by atoms with Gasteiger partial charge in [0.25, 0.3) is 0 Å². The van der Waals surface area contributed by atoms with Crippen LogP contribution in [0.25, 0.3) is 0 Å². The third kappa shape index (κ3) is 5.11. The van der Waals surface area contributed by atoms with Crippen LogP contribution in [-0.2, 0) is 6.54 Å². The van der Waals surface area contributed by atoms with Crippen LogP contribution < -0.4 is 14.8 Å². The summed E-state index contributed by atoms with van der Waals surface area (Å²) in [5.74, 6) is 1.32. The second-order valence-electron chi connectivity index (χ2n) is 5.30. The molecule has 0 saturated carbocycles. The minimum absolute atomic E-state index is 0.0126. The maximum Gasteiger partial charge on any atom is 0.176 e. The fourth-order valence-electron chi connectivity index (χ4n) is 2.36. The molecule has 0 heterocycles. The Labute approximate surface area is 156 Å². The topological polar surface area (TPSA) is 54.3 Å². The number of nitrogens with zero attached hydrogens (tertiary/aromatic N) is 1. The third-order valence-corrected chi connectivity index (χ3v) is 4.36. The van der Waals surface area contributed by atoms with Gasteiger partial charge < -0.3 is 14.8 Å². The van der Waals surface area contributed by atoms with Gasteiger partial charge in [0.1, 0.15) is 6.07 Å². The smallest absolute Gasteiger partial charge is 0.176 e. The van der Waals surface area contributed by atoms with Crippen molar-refractivity contribution < 1.29 is 9.47 Å². The highest BCUT2D eigenvalue weighted by Crippen LogP contribution is 2.34. The van der Waals surface area contributed by atoms with Crippen molar-refractivity contribution in [2.75, 3.05) is 13.2 Å². The Morgan fingerprint density at radius 1 is 1.21 bits per heavy atom. The molecule has 0 aliphatic heterocycles. The van der Waals surface area contributed by atoms with E-state index >= 15 is 0 Å². The summed E-state index contributed by atoms with van der Waals surface area (Å²) in [5.41, 5.74) is 2.38. The molecule has 5 heteroatoms. The molecule has 126 valence electrons. The summed E-state index contributed by atoms with van der Waals surface area (Å²) in [5, 5.41) is 12.2. The van der Waals surface area contributed by atoms with Crippen LogP contribution in [-0.4, -0.2) is 13.2 Å². The Hall–Kier alpha value is -1.78. The first-order valence-electron chi connectivity index (χ1n) is 7.89. The van der Waals surface area contributed by atoms with Crippen molar-refractivity contribution in [2.24, 2.45) is 0 Å². The van der Waals surface area contributed by atoms with Crippen molar-refractivity contribution in [3.8, 4) is 17.6 Å². The maximum absolute atomic E-state index is 8.72. The summed E-state index contributed by atoms with van der Waals surface area (Å²) < 4.78 is 12.1. The highest BCUT2D eigenvalue weighted by molar-refractivity contribution is 14.1. The van der Waals surface area contributed by atoms with E-state index < -0.39 is 0 Å². The van der Waals surface area contributed by atoms with Crippen molar-refractivity contribution in [1.82, 2.24) is 5.32 Å². The van der Waals surface area contributed by atoms with E-state index in [1.165, 1.54) is 5.56 Å². The Kier molecular flexibility index (Phi) is 7.35. The molecule has 0 aliphatic carbocycles. The van der Waals surface area contributed by atoms with Crippen molar-refractivity contribution in [2.45, 2.75) is 26.4 Å². The van der Waals surface area contributed by atoms with E-state index in [1.807, 2.05) is 37.3 Å². The second-order valence-corrected chi connectivity index (χ2v) is 6.46. The van der Waals surface area contributed by atoms with Gasteiger partial charge in [-0.05, 0) is 59.7 Å². The summed E-state index contributed by atoms with van der Waals surface area (Å²) in [6.45, 7) is 5.37. The first-order chi connectivity index (χ1) is 11.7. The number of rotatable bonds is 8. The molecule has 0 spiro atoms. The number of ether oxygens (including phenoxy) is 2. The molecule has 2 aromatic carbocycles. The largest absolute Gasteiger partial charge is 0.490 e. The van der Waals surface area contributed by atoms with Crippen LogP contribution in [0, 0.1) is 14.9 Å². The predicted octanol–water partition coefficient (Wildman–Crippen LogP) is 4.44. The van der Waals surface area contributed by atoms with E-state index in [9.17, 15) is 0 Å². The zero-order chi connectivity index (χ0) is 17.4. The second kappa shape index (κ2) is 9.50. The minimum Gasteiger partial charge on any atom is -0.490 e. The molecule has 0 radical (unpaired) electrons. The number of nitriles is 1. The lowest BCUT2D eigenvalue weighted by atomic mass is 10.1. The van der Waals surface area contributed by atoms with E-state index in [0.29, 0.717) is 18.1 Å². The van der Waals surface area contributed by atoms with E-state index in [-0.39, 0.29) is 12.6 Å². The van der Waals surface area contributed by atoms with E-state index in [1.54, 1.807) is 0 Å². The Bertz CT molecular complexity index is 699. The normalized spacial score (nSPS) is 11.6. The first-order valence-corrected chi connectivity index (χ1v) is 8.96. The molecule has 0 bridgehead atoms. The SMILES string of the molecule is CCOc1cc(CNC(C)c2ccccc2)cc(I)c1OCC#N. The monoisotopic (exact) mass is 436 g/mol. The van der Waals surface area contributed by atoms with Crippen molar-refractivity contribution in [1.29, 1.82) is 5.26 Å². The van der Waals surface area contributed by atoms with Crippen LogP contribution >= 0.6 is 22.6 Å². The molecule has 0 saturated heterocycles. The van der Waals surface area contributed by atoms with E-state index in [4.69, 9.17) is 14.7 Å². The summed E-state index contributed by atoms with van der Waals surface area (Å²) in [6, 6.07) is 16.6. The number of hydrogen-bond donors (Lipinski definition) is 1. The van der Waals surface area contributed by atoms with Gasteiger partial charge in [0.2, 0.25) is 0 Å². The zero-order valence-electron chi connectivity index (χ0n) is 13.9. The Morgan fingerprint density at radius 2 is 1.96 bits per heavy atom. The number of halogens is 1. The van der Waals surface area contributed by atoms with Gasteiger partial charge >= 0.3 is 0 Å².